The average Bonchev–Trinajstić information content (AvgIpc) is 2.82. The van der Waals surface area contributed by atoms with Gasteiger partial charge in [0.15, 0.2) is 11.5 Å². The van der Waals surface area contributed by atoms with Crippen molar-refractivity contribution in [1.82, 2.24) is 5.32 Å². The molecule has 2 heterocycles. The molecule has 100 valence electrons. The summed E-state index contributed by atoms with van der Waals surface area (Å²) in [5.41, 5.74) is -0.863. The molecule has 0 aromatic heterocycles. The van der Waals surface area contributed by atoms with Gasteiger partial charge in [-0.05, 0) is 6.07 Å². The number of nitrogens with zero attached hydrogens (tertiary/aromatic N) is 1. The first-order valence-electron chi connectivity index (χ1n) is 5.32. The SMILES string of the molecule is N#CC1=C(c2cccc3c2OC(F)(F)O3)C(=O)NC1=O. The van der Waals surface area contributed by atoms with E-state index in [1.807, 2.05) is 5.32 Å². The maximum absolute atomic E-state index is 13.1. The minimum atomic E-state index is -3.86. The summed E-state index contributed by atoms with van der Waals surface area (Å²) in [5.74, 6) is -2.39. The van der Waals surface area contributed by atoms with Crippen molar-refractivity contribution in [2.45, 2.75) is 6.29 Å². The van der Waals surface area contributed by atoms with Crippen LogP contribution in [0.25, 0.3) is 5.57 Å². The van der Waals surface area contributed by atoms with Crippen LogP contribution in [0.3, 0.4) is 0 Å². The van der Waals surface area contributed by atoms with E-state index in [4.69, 9.17) is 5.26 Å². The van der Waals surface area contributed by atoms with Crippen molar-refractivity contribution < 1.29 is 27.8 Å². The van der Waals surface area contributed by atoms with E-state index in [0.717, 1.165) is 0 Å². The smallest absolute Gasteiger partial charge is 0.395 e. The lowest BCUT2D eigenvalue weighted by Crippen LogP contribution is -2.26. The molecule has 8 heteroatoms. The van der Waals surface area contributed by atoms with E-state index in [1.165, 1.54) is 18.2 Å². The fraction of sp³-hybridized carbons (Fsp3) is 0.0833. The molecule has 2 aliphatic rings. The van der Waals surface area contributed by atoms with Crippen LogP contribution < -0.4 is 14.8 Å². The first-order valence-corrected chi connectivity index (χ1v) is 5.32. The number of halogens is 2. The third kappa shape index (κ3) is 1.60. The highest BCUT2D eigenvalue weighted by atomic mass is 19.3. The number of nitriles is 1. The van der Waals surface area contributed by atoms with Crippen molar-refractivity contribution in [1.29, 1.82) is 5.26 Å². The number of para-hydroxylation sites is 1. The van der Waals surface area contributed by atoms with Gasteiger partial charge >= 0.3 is 6.29 Å². The van der Waals surface area contributed by atoms with Gasteiger partial charge in [0, 0.05) is 5.56 Å². The molecular weight excluding hydrogens is 274 g/mol. The molecule has 0 saturated carbocycles. The van der Waals surface area contributed by atoms with Gasteiger partial charge in [-0.25, -0.2) is 0 Å². The minimum Gasteiger partial charge on any atom is -0.395 e. The summed E-state index contributed by atoms with van der Waals surface area (Å²) >= 11 is 0. The van der Waals surface area contributed by atoms with Crippen LogP contribution in [0.4, 0.5) is 8.78 Å². The predicted octanol–water partition coefficient (Wildman–Crippen LogP) is 0.942. The summed E-state index contributed by atoms with van der Waals surface area (Å²) in [7, 11) is 0. The van der Waals surface area contributed by atoms with Crippen molar-refractivity contribution in [3.05, 3.63) is 29.3 Å². The number of carbonyl (C=O) groups excluding carboxylic acids is 2. The van der Waals surface area contributed by atoms with Gasteiger partial charge in [0.2, 0.25) is 0 Å². The van der Waals surface area contributed by atoms with E-state index in [2.05, 4.69) is 9.47 Å². The summed E-state index contributed by atoms with van der Waals surface area (Å²) in [6.45, 7) is 0. The third-order valence-electron chi connectivity index (χ3n) is 2.74. The maximum atomic E-state index is 13.1. The third-order valence-corrected chi connectivity index (χ3v) is 2.74. The van der Waals surface area contributed by atoms with E-state index in [-0.39, 0.29) is 22.6 Å². The lowest BCUT2D eigenvalue weighted by Gasteiger charge is -2.06. The molecule has 0 unspecified atom stereocenters. The normalized spacial score (nSPS) is 19.1. The number of nitrogens with one attached hydrogen (secondary N) is 1. The lowest BCUT2D eigenvalue weighted by molar-refractivity contribution is -0.286. The van der Waals surface area contributed by atoms with Crippen molar-refractivity contribution in [3.8, 4) is 17.6 Å². The molecule has 20 heavy (non-hydrogen) atoms. The number of amides is 2. The Balaban J connectivity index is 2.22. The molecular formula is C12H4F2N2O4. The lowest BCUT2D eigenvalue weighted by atomic mass is 10.0. The zero-order valence-electron chi connectivity index (χ0n) is 9.57. The fourth-order valence-corrected chi connectivity index (χ4v) is 1.98. The van der Waals surface area contributed by atoms with Crippen LogP contribution in [-0.4, -0.2) is 18.1 Å². The Morgan fingerprint density at radius 3 is 2.65 bits per heavy atom. The Labute approximate surface area is 110 Å². The van der Waals surface area contributed by atoms with Gasteiger partial charge in [-0.3, -0.25) is 14.9 Å². The predicted molar refractivity (Wildman–Crippen MR) is 58.3 cm³/mol. The van der Waals surface area contributed by atoms with Crippen LogP contribution in [0.5, 0.6) is 11.5 Å². The highest BCUT2D eigenvalue weighted by molar-refractivity contribution is 6.37. The van der Waals surface area contributed by atoms with Gasteiger partial charge in [-0.15, -0.1) is 8.78 Å². The summed E-state index contributed by atoms with van der Waals surface area (Å²) < 4.78 is 34.7. The molecule has 0 bridgehead atoms. The van der Waals surface area contributed by atoms with E-state index in [9.17, 15) is 18.4 Å². The molecule has 1 aromatic rings. The van der Waals surface area contributed by atoms with Gasteiger partial charge in [0.05, 0.1) is 5.57 Å². The molecule has 2 aliphatic heterocycles. The van der Waals surface area contributed by atoms with Crippen LogP contribution in [0.1, 0.15) is 5.56 Å². The first-order chi connectivity index (χ1) is 9.43. The number of fused-ring (bicyclic) bond motifs is 1. The van der Waals surface area contributed by atoms with Gasteiger partial charge in [-0.2, -0.15) is 5.26 Å². The van der Waals surface area contributed by atoms with Gasteiger partial charge < -0.3 is 9.47 Å². The monoisotopic (exact) mass is 278 g/mol. The number of alkyl halides is 2. The minimum absolute atomic E-state index is 0.0976. The van der Waals surface area contributed by atoms with Gasteiger partial charge in [0.25, 0.3) is 11.8 Å². The number of rotatable bonds is 1. The molecule has 2 amide bonds. The first kappa shape index (κ1) is 12.1. The highest BCUT2D eigenvalue weighted by Gasteiger charge is 2.46. The fourth-order valence-electron chi connectivity index (χ4n) is 1.98. The number of imide groups is 1. The molecule has 1 aromatic carbocycles. The second kappa shape index (κ2) is 3.77. The summed E-state index contributed by atoms with van der Waals surface area (Å²) in [5, 5.41) is 10.8. The van der Waals surface area contributed by atoms with Crippen LogP contribution in [-0.2, 0) is 9.59 Å². The molecule has 0 aliphatic carbocycles. The standard InChI is InChI=1S/C12H4F2N2O4/c13-12(14)19-7-3-1-2-5(9(7)20-12)8-6(4-15)10(17)16-11(8)18/h1-3H,(H,16,17,18). The van der Waals surface area contributed by atoms with Gasteiger partial charge in [0.1, 0.15) is 11.6 Å². The molecule has 0 fully saturated rings. The number of carbonyl (C=O) groups is 2. The second-order valence-corrected chi connectivity index (χ2v) is 3.95. The Morgan fingerprint density at radius 1 is 1.20 bits per heavy atom. The van der Waals surface area contributed by atoms with Crippen molar-refractivity contribution in [2.24, 2.45) is 0 Å². The van der Waals surface area contributed by atoms with E-state index in [1.54, 1.807) is 6.07 Å². The van der Waals surface area contributed by atoms with Crippen molar-refractivity contribution in [3.63, 3.8) is 0 Å². The molecule has 0 atom stereocenters. The van der Waals surface area contributed by atoms with Gasteiger partial charge in [-0.1, -0.05) is 12.1 Å². The Bertz CT molecular complexity index is 733. The summed E-state index contributed by atoms with van der Waals surface area (Å²) in [6, 6.07) is 5.42. The Hall–Kier alpha value is -2.95. The Kier molecular flexibility index (Phi) is 2.28. The van der Waals surface area contributed by atoms with E-state index >= 15 is 0 Å². The average molecular weight is 278 g/mol. The number of ether oxygens (including phenoxy) is 2. The molecule has 1 N–H and O–H groups in total. The summed E-state index contributed by atoms with van der Waals surface area (Å²) in [4.78, 5) is 23.1. The van der Waals surface area contributed by atoms with Crippen LogP contribution >= 0.6 is 0 Å². The van der Waals surface area contributed by atoms with Crippen molar-refractivity contribution >= 4 is 17.4 Å². The summed E-state index contributed by atoms with van der Waals surface area (Å²) in [6.07, 6.45) is -3.86. The molecule has 0 saturated heterocycles. The maximum Gasteiger partial charge on any atom is 0.586 e. The topological polar surface area (TPSA) is 88.4 Å². The molecule has 6 nitrogen and oxygen atoms in total. The number of hydrogen-bond donors (Lipinski definition) is 1. The quantitative estimate of drug-likeness (QED) is 0.772. The zero-order chi connectivity index (χ0) is 14.5. The molecule has 0 radical (unpaired) electrons. The largest absolute Gasteiger partial charge is 0.586 e. The van der Waals surface area contributed by atoms with E-state index in [0.29, 0.717) is 0 Å². The molecule has 3 rings (SSSR count). The van der Waals surface area contributed by atoms with Crippen molar-refractivity contribution in [2.75, 3.05) is 0 Å². The number of hydrogen-bond acceptors (Lipinski definition) is 5. The van der Waals surface area contributed by atoms with E-state index < -0.39 is 23.7 Å². The zero-order valence-corrected chi connectivity index (χ0v) is 9.57. The van der Waals surface area contributed by atoms with Crippen LogP contribution in [0, 0.1) is 11.3 Å². The Morgan fingerprint density at radius 2 is 1.95 bits per heavy atom. The van der Waals surface area contributed by atoms with Crippen LogP contribution in [0.15, 0.2) is 23.8 Å². The molecule has 0 spiro atoms. The highest BCUT2D eigenvalue weighted by Crippen LogP contribution is 2.46. The second-order valence-electron chi connectivity index (χ2n) is 3.95. The number of benzene rings is 1. The van der Waals surface area contributed by atoms with Crippen LogP contribution in [0.2, 0.25) is 0 Å².